The second-order valence-electron chi connectivity index (χ2n) is 8.15. The van der Waals surface area contributed by atoms with Crippen LogP contribution in [-0.2, 0) is 17.6 Å². The standard InChI is InChI=1S/C25H33N3O2S/c1-18-8-7-13-25(28-24(29)16-20-10-4-5-11-21(20)30-2)31-22(18)12-6-3-9-19-14-15-23(26)27-17-19/h4-5,10-11,13-15,17-18,22H,3,6-9,12,16H2,1-2H3,(H2,26,27)(H,28,29). The number of pyridine rings is 1. The van der Waals surface area contributed by atoms with Crippen LogP contribution in [-0.4, -0.2) is 23.3 Å². The molecule has 6 heteroatoms. The van der Waals surface area contributed by atoms with Gasteiger partial charge in [-0.2, -0.15) is 0 Å². The number of aryl methyl sites for hydroxylation is 1. The average molecular weight is 440 g/mol. The van der Waals surface area contributed by atoms with Crippen molar-refractivity contribution in [2.75, 3.05) is 12.8 Å². The molecule has 0 bridgehead atoms. The van der Waals surface area contributed by atoms with Crippen molar-refractivity contribution < 1.29 is 9.53 Å². The normalized spacial score (nSPS) is 18.7. The quantitative estimate of drug-likeness (QED) is 0.531. The highest BCUT2D eigenvalue weighted by Gasteiger charge is 2.23. The van der Waals surface area contributed by atoms with Gasteiger partial charge in [-0.3, -0.25) is 4.79 Å². The van der Waals surface area contributed by atoms with Gasteiger partial charge in [0.25, 0.3) is 0 Å². The van der Waals surface area contributed by atoms with Crippen LogP contribution in [0.1, 0.15) is 50.2 Å². The van der Waals surface area contributed by atoms with Gasteiger partial charge in [-0.05, 0) is 55.7 Å². The molecule has 1 aliphatic rings. The molecular formula is C25H33N3O2S. The lowest BCUT2D eigenvalue weighted by Crippen LogP contribution is -2.25. The molecule has 1 aliphatic heterocycles. The number of benzene rings is 1. The molecule has 1 amide bonds. The van der Waals surface area contributed by atoms with Gasteiger partial charge >= 0.3 is 0 Å². The molecule has 0 saturated carbocycles. The van der Waals surface area contributed by atoms with Crippen molar-refractivity contribution in [2.24, 2.45) is 5.92 Å². The minimum atomic E-state index is 0.00686. The Morgan fingerprint density at radius 1 is 1.26 bits per heavy atom. The number of carbonyl (C=O) groups excluding carboxylic acids is 1. The van der Waals surface area contributed by atoms with Crippen molar-refractivity contribution in [1.82, 2.24) is 10.3 Å². The van der Waals surface area contributed by atoms with Crippen LogP contribution in [0.4, 0.5) is 5.82 Å². The summed E-state index contributed by atoms with van der Waals surface area (Å²) in [6, 6.07) is 11.6. The number of rotatable bonds is 9. The van der Waals surface area contributed by atoms with Crippen molar-refractivity contribution in [2.45, 2.75) is 57.1 Å². The van der Waals surface area contributed by atoms with E-state index in [0.717, 1.165) is 54.9 Å². The van der Waals surface area contributed by atoms with E-state index in [1.54, 1.807) is 7.11 Å². The minimum Gasteiger partial charge on any atom is -0.496 e. The van der Waals surface area contributed by atoms with Crippen molar-refractivity contribution in [1.29, 1.82) is 0 Å². The third-order valence-corrected chi connectivity index (χ3v) is 7.25. The number of nitrogens with one attached hydrogen (secondary N) is 1. The van der Waals surface area contributed by atoms with E-state index in [1.807, 2.05) is 48.3 Å². The SMILES string of the molecule is COc1ccccc1CC(=O)NC1=CCCC(C)C(CCCCc2ccc(N)nc2)S1. The van der Waals surface area contributed by atoms with E-state index in [1.165, 1.54) is 5.56 Å². The number of thioether (sulfide) groups is 1. The number of aromatic nitrogens is 1. The summed E-state index contributed by atoms with van der Waals surface area (Å²) in [5.74, 6) is 1.96. The van der Waals surface area contributed by atoms with E-state index in [2.05, 4.69) is 29.4 Å². The molecule has 0 spiro atoms. The van der Waals surface area contributed by atoms with Gasteiger partial charge < -0.3 is 15.8 Å². The van der Waals surface area contributed by atoms with Gasteiger partial charge in [-0.25, -0.2) is 4.98 Å². The average Bonchev–Trinajstić information content (AvgIpc) is 2.93. The molecule has 0 aliphatic carbocycles. The Labute approximate surface area is 189 Å². The Morgan fingerprint density at radius 2 is 2.10 bits per heavy atom. The van der Waals surface area contributed by atoms with Crippen LogP contribution in [0.15, 0.2) is 53.7 Å². The smallest absolute Gasteiger partial charge is 0.229 e. The molecule has 2 atom stereocenters. The van der Waals surface area contributed by atoms with Gasteiger partial charge in [0.2, 0.25) is 5.91 Å². The van der Waals surface area contributed by atoms with E-state index >= 15 is 0 Å². The van der Waals surface area contributed by atoms with Gasteiger partial charge in [0.05, 0.1) is 18.6 Å². The van der Waals surface area contributed by atoms with Crippen LogP contribution in [0, 0.1) is 5.92 Å². The maximum atomic E-state index is 12.7. The van der Waals surface area contributed by atoms with E-state index in [-0.39, 0.29) is 5.91 Å². The summed E-state index contributed by atoms with van der Waals surface area (Å²) in [6.45, 7) is 2.33. The number of hydrogen-bond donors (Lipinski definition) is 2. The minimum absolute atomic E-state index is 0.00686. The topological polar surface area (TPSA) is 77.2 Å². The number of nitrogens with two attached hydrogens (primary N) is 1. The summed E-state index contributed by atoms with van der Waals surface area (Å²) in [5, 5.41) is 4.66. The van der Waals surface area contributed by atoms with Crippen molar-refractivity contribution in [3.8, 4) is 5.75 Å². The van der Waals surface area contributed by atoms with Crippen LogP contribution < -0.4 is 15.8 Å². The number of anilines is 1. The van der Waals surface area contributed by atoms with E-state index in [9.17, 15) is 4.79 Å². The fourth-order valence-corrected chi connectivity index (χ4v) is 5.24. The lowest BCUT2D eigenvalue weighted by atomic mass is 9.97. The zero-order chi connectivity index (χ0) is 22.1. The first-order chi connectivity index (χ1) is 15.0. The molecule has 0 radical (unpaired) electrons. The molecule has 0 saturated heterocycles. The molecular weight excluding hydrogens is 406 g/mol. The van der Waals surface area contributed by atoms with Crippen LogP contribution in [0.25, 0.3) is 0 Å². The van der Waals surface area contributed by atoms with Crippen molar-refractivity contribution in [3.05, 3.63) is 64.8 Å². The third kappa shape index (κ3) is 7.31. The molecule has 1 aromatic heterocycles. The summed E-state index contributed by atoms with van der Waals surface area (Å²) in [6.07, 6.45) is 11.0. The number of nitrogens with zero attached hydrogens (tertiary/aromatic N) is 1. The maximum absolute atomic E-state index is 12.7. The highest BCUT2D eigenvalue weighted by molar-refractivity contribution is 8.03. The van der Waals surface area contributed by atoms with Gasteiger partial charge in [0.15, 0.2) is 0 Å². The van der Waals surface area contributed by atoms with E-state index < -0.39 is 0 Å². The largest absolute Gasteiger partial charge is 0.496 e. The summed E-state index contributed by atoms with van der Waals surface area (Å²) in [5.41, 5.74) is 7.80. The summed E-state index contributed by atoms with van der Waals surface area (Å²) < 4.78 is 5.37. The molecule has 166 valence electrons. The second kappa shape index (κ2) is 11.8. The molecule has 2 unspecified atom stereocenters. The van der Waals surface area contributed by atoms with E-state index in [0.29, 0.717) is 23.4 Å². The number of carbonyl (C=O) groups is 1. The Bertz CT molecular complexity index is 883. The zero-order valence-corrected chi connectivity index (χ0v) is 19.3. The predicted octanol–water partition coefficient (Wildman–Crippen LogP) is 5.12. The lowest BCUT2D eigenvalue weighted by Gasteiger charge is -2.22. The van der Waals surface area contributed by atoms with Gasteiger partial charge in [-0.15, -0.1) is 11.8 Å². The maximum Gasteiger partial charge on any atom is 0.229 e. The zero-order valence-electron chi connectivity index (χ0n) is 18.5. The number of hydrogen-bond acceptors (Lipinski definition) is 5. The lowest BCUT2D eigenvalue weighted by molar-refractivity contribution is -0.119. The Kier molecular flexibility index (Phi) is 8.83. The number of allylic oxidation sites excluding steroid dienone is 1. The number of nitrogen functional groups attached to an aromatic ring is 1. The van der Waals surface area contributed by atoms with Gasteiger partial charge in [0, 0.05) is 17.0 Å². The first-order valence-corrected chi connectivity index (χ1v) is 11.9. The molecule has 0 fully saturated rings. The monoisotopic (exact) mass is 439 g/mol. The Morgan fingerprint density at radius 3 is 2.87 bits per heavy atom. The first-order valence-electron chi connectivity index (χ1n) is 11.0. The first kappa shape index (κ1) is 23.2. The fraction of sp³-hybridized carbons (Fsp3) is 0.440. The number of unbranched alkanes of at least 4 members (excludes halogenated alkanes) is 1. The molecule has 2 aromatic rings. The molecule has 1 aromatic carbocycles. The van der Waals surface area contributed by atoms with Crippen LogP contribution in [0.5, 0.6) is 5.75 Å². The number of ether oxygens (including phenoxy) is 1. The van der Waals surface area contributed by atoms with Crippen molar-refractivity contribution >= 4 is 23.5 Å². The van der Waals surface area contributed by atoms with Gasteiger partial charge in [-0.1, -0.05) is 43.7 Å². The fourth-order valence-electron chi connectivity index (χ4n) is 3.88. The number of para-hydroxylation sites is 1. The molecule has 2 heterocycles. The van der Waals surface area contributed by atoms with Crippen LogP contribution in [0.3, 0.4) is 0 Å². The summed E-state index contributed by atoms with van der Waals surface area (Å²) >= 11 is 1.83. The molecule has 3 N–H and O–H groups in total. The van der Waals surface area contributed by atoms with E-state index in [4.69, 9.17) is 10.5 Å². The summed E-state index contributed by atoms with van der Waals surface area (Å²) in [4.78, 5) is 16.8. The van der Waals surface area contributed by atoms with Crippen LogP contribution >= 0.6 is 11.8 Å². The highest BCUT2D eigenvalue weighted by atomic mass is 32.2. The van der Waals surface area contributed by atoms with Gasteiger partial charge in [0.1, 0.15) is 11.6 Å². The summed E-state index contributed by atoms with van der Waals surface area (Å²) in [7, 11) is 1.64. The molecule has 3 rings (SSSR count). The highest BCUT2D eigenvalue weighted by Crippen LogP contribution is 2.35. The second-order valence-corrected chi connectivity index (χ2v) is 9.43. The molecule has 5 nitrogen and oxygen atoms in total. The number of amides is 1. The van der Waals surface area contributed by atoms with Crippen LogP contribution in [0.2, 0.25) is 0 Å². The predicted molar refractivity (Wildman–Crippen MR) is 129 cm³/mol. The third-order valence-electron chi connectivity index (χ3n) is 5.72. The molecule has 31 heavy (non-hydrogen) atoms. The van der Waals surface area contributed by atoms with Crippen molar-refractivity contribution in [3.63, 3.8) is 0 Å². The Balaban J connectivity index is 1.48. The Hall–Kier alpha value is -2.47. The number of methoxy groups -OCH3 is 1.